The molecule has 1 saturated heterocycles. The molecular formula is C15H22FN3O2. The Morgan fingerprint density at radius 1 is 1.48 bits per heavy atom. The molecule has 0 bridgehead atoms. The number of rotatable bonds is 5. The molecule has 0 amide bonds. The van der Waals surface area contributed by atoms with E-state index < -0.39 is 16.4 Å². The molecular weight excluding hydrogens is 273 g/mol. The first-order valence-corrected chi connectivity index (χ1v) is 7.50. The molecule has 0 aliphatic carbocycles. The van der Waals surface area contributed by atoms with Crippen LogP contribution in [0.15, 0.2) is 18.2 Å². The van der Waals surface area contributed by atoms with Gasteiger partial charge in [0, 0.05) is 29.9 Å². The van der Waals surface area contributed by atoms with Crippen molar-refractivity contribution in [3.05, 3.63) is 34.1 Å². The molecule has 2 atom stereocenters. The summed E-state index contributed by atoms with van der Waals surface area (Å²) in [7, 11) is 0. The van der Waals surface area contributed by atoms with Gasteiger partial charge in [-0.3, -0.25) is 10.1 Å². The highest BCUT2D eigenvalue weighted by Gasteiger charge is 2.17. The predicted molar refractivity (Wildman–Crippen MR) is 81.0 cm³/mol. The number of nitro benzene ring substituents is 1. The Kier molecular flexibility index (Phi) is 5.50. The van der Waals surface area contributed by atoms with Gasteiger partial charge >= 0.3 is 5.69 Å². The molecule has 0 radical (unpaired) electrons. The summed E-state index contributed by atoms with van der Waals surface area (Å²) >= 11 is 0. The Morgan fingerprint density at radius 2 is 2.29 bits per heavy atom. The van der Waals surface area contributed by atoms with E-state index in [0.29, 0.717) is 11.7 Å². The summed E-state index contributed by atoms with van der Waals surface area (Å²) in [5.41, 5.74) is 0.0952. The minimum atomic E-state index is -0.801. The second kappa shape index (κ2) is 7.36. The lowest BCUT2D eigenvalue weighted by Gasteiger charge is -2.22. The standard InChI is InChI=1S/C15H22FN3O2/c1-11(9-12-5-3-2-4-8-17-12)18-13-6-7-15(19(20)21)14(16)10-13/h6-7,10-12,17-18H,2-5,8-9H2,1H3. The van der Waals surface area contributed by atoms with E-state index in [-0.39, 0.29) is 6.04 Å². The van der Waals surface area contributed by atoms with Crippen molar-refractivity contribution in [1.82, 2.24) is 5.32 Å². The summed E-state index contributed by atoms with van der Waals surface area (Å²) < 4.78 is 13.6. The highest BCUT2D eigenvalue weighted by molar-refractivity contribution is 5.50. The van der Waals surface area contributed by atoms with Crippen LogP contribution in [0.4, 0.5) is 15.8 Å². The molecule has 1 aromatic rings. The third kappa shape index (κ3) is 4.67. The minimum absolute atomic E-state index is 0.182. The lowest BCUT2D eigenvalue weighted by molar-refractivity contribution is -0.387. The zero-order valence-electron chi connectivity index (χ0n) is 12.3. The van der Waals surface area contributed by atoms with Gasteiger partial charge in [-0.05, 0) is 38.8 Å². The summed E-state index contributed by atoms with van der Waals surface area (Å²) in [5.74, 6) is -0.801. The van der Waals surface area contributed by atoms with Crippen LogP contribution in [-0.2, 0) is 0 Å². The molecule has 1 heterocycles. The van der Waals surface area contributed by atoms with Crippen LogP contribution < -0.4 is 10.6 Å². The van der Waals surface area contributed by atoms with E-state index in [9.17, 15) is 14.5 Å². The number of nitrogens with one attached hydrogen (secondary N) is 2. The molecule has 1 fully saturated rings. The molecule has 6 heteroatoms. The summed E-state index contributed by atoms with van der Waals surface area (Å²) in [6, 6.07) is 4.61. The fourth-order valence-electron chi connectivity index (χ4n) is 2.82. The highest BCUT2D eigenvalue weighted by atomic mass is 19.1. The quantitative estimate of drug-likeness (QED) is 0.645. The van der Waals surface area contributed by atoms with Gasteiger partial charge in [0.1, 0.15) is 0 Å². The van der Waals surface area contributed by atoms with Crippen LogP contribution in [0.2, 0.25) is 0 Å². The van der Waals surface area contributed by atoms with Crippen molar-refractivity contribution in [3.63, 3.8) is 0 Å². The van der Waals surface area contributed by atoms with Gasteiger partial charge in [-0.15, -0.1) is 0 Å². The van der Waals surface area contributed by atoms with Crippen LogP contribution in [-0.4, -0.2) is 23.6 Å². The molecule has 1 aliphatic heterocycles. The number of nitro groups is 1. The smallest absolute Gasteiger partial charge is 0.304 e. The lowest BCUT2D eigenvalue weighted by atomic mass is 10.0. The number of halogens is 1. The van der Waals surface area contributed by atoms with Crippen LogP contribution in [0.3, 0.4) is 0 Å². The van der Waals surface area contributed by atoms with E-state index in [4.69, 9.17) is 0 Å². The maximum absolute atomic E-state index is 13.6. The molecule has 0 aromatic heterocycles. The molecule has 0 saturated carbocycles. The van der Waals surface area contributed by atoms with Crippen LogP contribution >= 0.6 is 0 Å². The molecule has 116 valence electrons. The van der Waals surface area contributed by atoms with Crippen molar-refractivity contribution in [2.75, 3.05) is 11.9 Å². The van der Waals surface area contributed by atoms with Gasteiger partial charge in [-0.2, -0.15) is 4.39 Å². The first kappa shape index (κ1) is 15.7. The van der Waals surface area contributed by atoms with Crippen LogP contribution in [0.1, 0.15) is 39.0 Å². The van der Waals surface area contributed by atoms with E-state index in [1.807, 2.05) is 6.92 Å². The fraction of sp³-hybridized carbons (Fsp3) is 0.600. The SMILES string of the molecule is CC(CC1CCCCCN1)Nc1ccc([N+](=O)[O-])c(F)c1. The van der Waals surface area contributed by atoms with Crippen molar-refractivity contribution >= 4 is 11.4 Å². The van der Waals surface area contributed by atoms with E-state index in [2.05, 4.69) is 10.6 Å². The molecule has 1 aliphatic rings. The van der Waals surface area contributed by atoms with E-state index in [0.717, 1.165) is 13.0 Å². The van der Waals surface area contributed by atoms with Gasteiger partial charge in [0.2, 0.25) is 5.82 Å². The maximum atomic E-state index is 13.6. The zero-order valence-corrected chi connectivity index (χ0v) is 12.3. The third-order valence-electron chi connectivity index (χ3n) is 3.86. The van der Waals surface area contributed by atoms with Gasteiger partial charge in [0.05, 0.1) is 4.92 Å². The van der Waals surface area contributed by atoms with Crippen molar-refractivity contribution in [2.45, 2.75) is 51.1 Å². The van der Waals surface area contributed by atoms with Gasteiger partial charge < -0.3 is 10.6 Å². The summed E-state index contributed by atoms with van der Waals surface area (Å²) in [5, 5.41) is 17.3. The molecule has 2 unspecified atom stereocenters. The van der Waals surface area contributed by atoms with Gasteiger partial charge in [-0.1, -0.05) is 12.8 Å². The van der Waals surface area contributed by atoms with E-state index in [1.54, 1.807) is 6.07 Å². The normalized spacial score (nSPS) is 20.6. The average Bonchev–Trinajstić information content (AvgIpc) is 2.66. The second-order valence-corrected chi connectivity index (χ2v) is 5.70. The number of nitrogens with zero attached hydrogens (tertiary/aromatic N) is 1. The Morgan fingerprint density at radius 3 is 3.00 bits per heavy atom. The molecule has 2 rings (SSSR count). The lowest BCUT2D eigenvalue weighted by Crippen LogP contribution is -2.33. The Labute approximate surface area is 124 Å². The van der Waals surface area contributed by atoms with Crippen LogP contribution in [0.25, 0.3) is 0 Å². The maximum Gasteiger partial charge on any atom is 0.304 e. The zero-order chi connectivity index (χ0) is 15.2. The molecule has 0 spiro atoms. The molecule has 1 aromatic carbocycles. The topological polar surface area (TPSA) is 67.2 Å². The number of anilines is 1. The number of hydrogen-bond donors (Lipinski definition) is 2. The van der Waals surface area contributed by atoms with Gasteiger partial charge in [0.15, 0.2) is 0 Å². The number of hydrogen-bond acceptors (Lipinski definition) is 4. The van der Waals surface area contributed by atoms with Gasteiger partial charge in [0.25, 0.3) is 0 Å². The Hall–Kier alpha value is -1.69. The monoisotopic (exact) mass is 295 g/mol. The number of benzene rings is 1. The van der Waals surface area contributed by atoms with Gasteiger partial charge in [-0.25, -0.2) is 0 Å². The Balaban J connectivity index is 1.91. The fourth-order valence-corrected chi connectivity index (χ4v) is 2.82. The molecule has 5 nitrogen and oxygen atoms in total. The van der Waals surface area contributed by atoms with Crippen molar-refractivity contribution in [3.8, 4) is 0 Å². The van der Waals surface area contributed by atoms with E-state index >= 15 is 0 Å². The van der Waals surface area contributed by atoms with Crippen molar-refractivity contribution < 1.29 is 9.31 Å². The molecule has 21 heavy (non-hydrogen) atoms. The average molecular weight is 295 g/mol. The van der Waals surface area contributed by atoms with Crippen LogP contribution in [0.5, 0.6) is 0 Å². The second-order valence-electron chi connectivity index (χ2n) is 5.70. The highest BCUT2D eigenvalue weighted by Crippen LogP contribution is 2.22. The third-order valence-corrected chi connectivity index (χ3v) is 3.86. The van der Waals surface area contributed by atoms with Crippen molar-refractivity contribution in [1.29, 1.82) is 0 Å². The summed E-state index contributed by atoms with van der Waals surface area (Å²) in [4.78, 5) is 9.88. The Bertz CT molecular complexity index is 488. The van der Waals surface area contributed by atoms with Crippen LogP contribution in [0, 0.1) is 15.9 Å². The van der Waals surface area contributed by atoms with E-state index in [1.165, 1.54) is 37.8 Å². The summed E-state index contributed by atoms with van der Waals surface area (Å²) in [6.45, 7) is 3.11. The predicted octanol–water partition coefficient (Wildman–Crippen LogP) is 3.46. The van der Waals surface area contributed by atoms with Crippen molar-refractivity contribution in [2.24, 2.45) is 0 Å². The summed E-state index contributed by atoms with van der Waals surface area (Å²) in [6.07, 6.45) is 5.88. The first-order valence-electron chi connectivity index (χ1n) is 7.50. The minimum Gasteiger partial charge on any atom is -0.382 e. The molecule has 2 N–H and O–H groups in total. The largest absolute Gasteiger partial charge is 0.382 e. The first-order chi connectivity index (χ1) is 10.1.